The average Bonchev–Trinajstić information content (AvgIpc) is 2.98. The maximum Gasteiger partial charge on any atom is 0.191 e. The summed E-state index contributed by atoms with van der Waals surface area (Å²) in [4.78, 5) is 7.04. The normalized spacial score (nSPS) is 11.9. The minimum absolute atomic E-state index is 0.745. The molecule has 0 bridgehead atoms. The molecule has 1 aromatic rings. The van der Waals surface area contributed by atoms with E-state index in [1.807, 2.05) is 0 Å². The number of guanidine groups is 1. The topological polar surface area (TPSA) is 39.7 Å². The SMILES string of the molecule is CCNC(=NCc1ccsc1)NCCCN(CC)CC. The molecule has 0 aliphatic carbocycles. The molecule has 0 aromatic carbocycles. The first-order chi connectivity index (χ1) is 9.80. The van der Waals surface area contributed by atoms with Gasteiger partial charge in [-0.3, -0.25) is 0 Å². The molecular weight excluding hydrogens is 268 g/mol. The fraction of sp³-hybridized carbons (Fsp3) is 0.667. The van der Waals surface area contributed by atoms with Crippen LogP contribution in [0.1, 0.15) is 32.8 Å². The van der Waals surface area contributed by atoms with Crippen LogP contribution in [0.4, 0.5) is 0 Å². The van der Waals surface area contributed by atoms with Crippen LogP contribution < -0.4 is 10.6 Å². The van der Waals surface area contributed by atoms with Crippen molar-refractivity contribution in [2.75, 3.05) is 32.7 Å². The van der Waals surface area contributed by atoms with E-state index in [9.17, 15) is 0 Å². The summed E-state index contributed by atoms with van der Waals surface area (Å²) in [5.74, 6) is 0.915. The molecule has 0 amide bonds. The van der Waals surface area contributed by atoms with Gasteiger partial charge in [-0.1, -0.05) is 13.8 Å². The minimum atomic E-state index is 0.745. The molecule has 1 aromatic heterocycles. The summed E-state index contributed by atoms with van der Waals surface area (Å²) in [7, 11) is 0. The van der Waals surface area contributed by atoms with Crippen molar-refractivity contribution in [3.63, 3.8) is 0 Å². The van der Waals surface area contributed by atoms with E-state index in [0.717, 1.165) is 51.6 Å². The quantitative estimate of drug-likeness (QED) is 0.418. The fourth-order valence-corrected chi connectivity index (χ4v) is 2.60. The Bertz CT molecular complexity index is 358. The van der Waals surface area contributed by atoms with Gasteiger partial charge < -0.3 is 15.5 Å². The summed E-state index contributed by atoms with van der Waals surface area (Å²) < 4.78 is 0. The number of thiophene rings is 1. The van der Waals surface area contributed by atoms with Crippen molar-refractivity contribution in [1.82, 2.24) is 15.5 Å². The van der Waals surface area contributed by atoms with Crippen molar-refractivity contribution in [3.05, 3.63) is 22.4 Å². The lowest BCUT2D eigenvalue weighted by Crippen LogP contribution is -2.38. The monoisotopic (exact) mass is 296 g/mol. The van der Waals surface area contributed by atoms with Crippen LogP contribution in [-0.2, 0) is 6.54 Å². The van der Waals surface area contributed by atoms with Crippen LogP contribution in [0, 0.1) is 0 Å². The zero-order chi connectivity index (χ0) is 14.6. The maximum atomic E-state index is 4.60. The van der Waals surface area contributed by atoms with Gasteiger partial charge in [-0.2, -0.15) is 11.3 Å². The Morgan fingerprint density at radius 1 is 1.25 bits per heavy atom. The number of rotatable bonds is 9. The predicted octanol–water partition coefficient (Wildman–Crippen LogP) is 2.54. The summed E-state index contributed by atoms with van der Waals surface area (Å²) in [5, 5.41) is 10.9. The van der Waals surface area contributed by atoms with Crippen LogP contribution in [0.5, 0.6) is 0 Å². The van der Waals surface area contributed by atoms with E-state index in [-0.39, 0.29) is 0 Å². The first-order valence-corrected chi connectivity index (χ1v) is 8.50. The smallest absolute Gasteiger partial charge is 0.191 e. The van der Waals surface area contributed by atoms with Crippen molar-refractivity contribution in [2.24, 2.45) is 4.99 Å². The molecule has 0 radical (unpaired) electrons. The van der Waals surface area contributed by atoms with Crippen LogP contribution in [0.25, 0.3) is 0 Å². The molecular formula is C15H28N4S. The van der Waals surface area contributed by atoms with Crippen molar-refractivity contribution < 1.29 is 0 Å². The third kappa shape index (κ3) is 6.91. The van der Waals surface area contributed by atoms with E-state index in [1.54, 1.807) is 11.3 Å². The highest BCUT2D eigenvalue weighted by molar-refractivity contribution is 7.07. The van der Waals surface area contributed by atoms with Gasteiger partial charge in [0.15, 0.2) is 5.96 Å². The van der Waals surface area contributed by atoms with Crippen molar-refractivity contribution in [2.45, 2.75) is 33.7 Å². The minimum Gasteiger partial charge on any atom is -0.357 e. The second-order valence-electron chi connectivity index (χ2n) is 4.63. The Balaban J connectivity index is 2.29. The highest BCUT2D eigenvalue weighted by Crippen LogP contribution is 2.06. The lowest BCUT2D eigenvalue weighted by molar-refractivity contribution is 0.300. The average molecular weight is 296 g/mol. The molecule has 2 N–H and O–H groups in total. The summed E-state index contributed by atoms with van der Waals surface area (Å²) in [5.41, 5.74) is 1.27. The first kappa shape index (κ1) is 17.0. The Kier molecular flexibility index (Phi) is 9.07. The van der Waals surface area contributed by atoms with Gasteiger partial charge in [0.1, 0.15) is 0 Å². The Morgan fingerprint density at radius 3 is 2.65 bits per heavy atom. The fourth-order valence-electron chi connectivity index (χ4n) is 1.94. The molecule has 0 saturated carbocycles. The molecule has 0 spiro atoms. The number of hydrogen-bond acceptors (Lipinski definition) is 3. The first-order valence-electron chi connectivity index (χ1n) is 7.55. The zero-order valence-electron chi connectivity index (χ0n) is 13.0. The Morgan fingerprint density at radius 2 is 2.05 bits per heavy atom. The largest absolute Gasteiger partial charge is 0.357 e. The third-order valence-corrected chi connectivity index (χ3v) is 3.91. The van der Waals surface area contributed by atoms with Gasteiger partial charge in [0.2, 0.25) is 0 Å². The molecule has 4 nitrogen and oxygen atoms in total. The third-order valence-electron chi connectivity index (χ3n) is 3.18. The van der Waals surface area contributed by atoms with Gasteiger partial charge in [-0.05, 0) is 55.4 Å². The molecule has 0 atom stereocenters. The van der Waals surface area contributed by atoms with Crippen molar-refractivity contribution in [3.8, 4) is 0 Å². The number of aliphatic imine (C=N–C) groups is 1. The Labute approximate surface area is 127 Å². The molecule has 0 saturated heterocycles. The van der Waals surface area contributed by atoms with Crippen LogP contribution in [0.15, 0.2) is 21.8 Å². The van der Waals surface area contributed by atoms with E-state index in [0.29, 0.717) is 0 Å². The van der Waals surface area contributed by atoms with Crippen molar-refractivity contribution in [1.29, 1.82) is 0 Å². The highest BCUT2D eigenvalue weighted by Gasteiger charge is 2.00. The molecule has 1 rings (SSSR count). The highest BCUT2D eigenvalue weighted by atomic mass is 32.1. The predicted molar refractivity (Wildman–Crippen MR) is 89.5 cm³/mol. The lowest BCUT2D eigenvalue weighted by atomic mass is 10.3. The van der Waals surface area contributed by atoms with Crippen molar-refractivity contribution >= 4 is 17.3 Å². The molecule has 20 heavy (non-hydrogen) atoms. The molecule has 0 aliphatic rings. The molecule has 114 valence electrons. The van der Waals surface area contributed by atoms with E-state index in [1.165, 1.54) is 5.56 Å². The van der Waals surface area contributed by atoms with Gasteiger partial charge in [0.25, 0.3) is 0 Å². The summed E-state index contributed by atoms with van der Waals surface area (Å²) in [6.07, 6.45) is 1.14. The number of nitrogens with one attached hydrogen (secondary N) is 2. The van der Waals surface area contributed by atoms with Crippen LogP contribution >= 0.6 is 11.3 Å². The zero-order valence-corrected chi connectivity index (χ0v) is 13.8. The molecule has 1 heterocycles. The second kappa shape index (κ2) is 10.7. The molecule has 0 aliphatic heterocycles. The summed E-state index contributed by atoms with van der Waals surface area (Å²) in [6.45, 7) is 12.5. The van der Waals surface area contributed by atoms with Crippen LogP contribution in [-0.4, -0.2) is 43.6 Å². The second-order valence-corrected chi connectivity index (χ2v) is 5.41. The van der Waals surface area contributed by atoms with E-state index >= 15 is 0 Å². The van der Waals surface area contributed by atoms with Gasteiger partial charge >= 0.3 is 0 Å². The van der Waals surface area contributed by atoms with Gasteiger partial charge in [0, 0.05) is 13.1 Å². The number of nitrogens with zero attached hydrogens (tertiary/aromatic N) is 2. The van der Waals surface area contributed by atoms with Crippen LogP contribution in [0.3, 0.4) is 0 Å². The van der Waals surface area contributed by atoms with Gasteiger partial charge in [-0.15, -0.1) is 0 Å². The molecule has 0 unspecified atom stereocenters. The van der Waals surface area contributed by atoms with Gasteiger partial charge in [0.05, 0.1) is 6.54 Å². The maximum absolute atomic E-state index is 4.60. The van der Waals surface area contributed by atoms with Crippen LogP contribution in [0.2, 0.25) is 0 Å². The lowest BCUT2D eigenvalue weighted by Gasteiger charge is -2.18. The molecule has 5 heteroatoms. The van der Waals surface area contributed by atoms with E-state index < -0.39 is 0 Å². The Hall–Kier alpha value is -1.07. The summed E-state index contributed by atoms with van der Waals surface area (Å²) in [6, 6.07) is 2.12. The molecule has 0 fully saturated rings. The standard InChI is InChI=1S/C15H28N4S/c1-4-16-15(18-12-14-8-11-20-13-14)17-9-7-10-19(5-2)6-3/h8,11,13H,4-7,9-10,12H2,1-3H3,(H2,16,17,18). The number of hydrogen-bond donors (Lipinski definition) is 2. The summed E-state index contributed by atoms with van der Waals surface area (Å²) >= 11 is 1.72. The van der Waals surface area contributed by atoms with Gasteiger partial charge in [-0.25, -0.2) is 4.99 Å². The van der Waals surface area contributed by atoms with E-state index in [2.05, 4.69) is 58.1 Å². The van der Waals surface area contributed by atoms with E-state index in [4.69, 9.17) is 0 Å².